The maximum Gasteiger partial charge on any atom is 0.189 e. The van der Waals surface area contributed by atoms with Crippen LogP contribution in [0.2, 0.25) is 0 Å². The molecular formula is C6H2BN. The van der Waals surface area contributed by atoms with Crippen LogP contribution in [0.4, 0.5) is 0 Å². The lowest BCUT2D eigenvalue weighted by molar-refractivity contribution is 1.75. The van der Waals surface area contributed by atoms with E-state index in [4.69, 9.17) is 13.6 Å². The van der Waals surface area contributed by atoms with E-state index in [1.165, 1.54) is 0 Å². The average molecular weight is 98.9 g/mol. The molecule has 0 atom stereocenters. The second-order valence-electron chi connectivity index (χ2n) is 0.789. The van der Waals surface area contributed by atoms with Crippen LogP contribution >= 0.6 is 0 Å². The molecule has 0 heterocycles. The van der Waals surface area contributed by atoms with Crippen molar-refractivity contribution >= 4 is 7.85 Å². The molecule has 2 heteroatoms. The SMILES string of the molecule is [B]C#CC#CC#CN. The standard InChI is InChI=1S/C6H2BN/c7-5-3-1-2-4-6-8/h8H2. The van der Waals surface area contributed by atoms with E-state index in [-0.39, 0.29) is 0 Å². The topological polar surface area (TPSA) is 26.0 Å². The quantitative estimate of drug-likeness (QED) is 0.236. The van der Waals surface area contributed by atoms with E-state index in [1.807, 2.05) is 0 Å². The summed E-state index contributed by atoms with van der Waals surface area (Å²) in [5.41, 5.74) is 4.77. The van der Waals surface area contributed by atoms with Gasteiger partial charge in [-0.25, -0.2) is 0 Å². The highest BCUT2D eigenvalue weighted by atomic mass is 14.4. The van der Waals surface area contributed by atoms with Crippen LogP contribution in [0, 0.1) is 35.5 Å². The Bertz CT molecular complexity index is 198. The number of hydrogen-bond acceptors (Lipinski definition) is 1. The summed E-state index contributed by atoms with van der Waals surface area (Å²) >= 11 is 0. The van der Waals surface area contributed by atoms with Crippen LogP contribution in [0.15, 0.2) is 0 Å². The van der Waals surface area contributed by atoms with Crippen molar-refractivity contribution in [2.75, 3.05) is 0 Å². The molecule has 0 aliphatic rings. The van der Waals surface area contributed by atoms with Crippen LogP contribution in [0.1, 0.15) is 0 Å². The summed E-state index contributed by atoms with van der Waals surface area (Å²) in [5.74, 6) is 11.4. The van der Waals surface area contributed by atoms with Gasteiger partial charge in [-0.05, 0) is 11.8 Å². The van der Waals surface area contributed by atoms with Crippen molar-refractivity contribution in [1.82, 2.24) is 0 Å². The lowest BCUT2D eigenvalue weighted by Crippen LogP contribution is -1.73. The van der Waals surface area contributed by atoms with E-state index in [1.54, 1.807) is 0 Å². The Labute approximate surface area is 50.1 Å². The molecule has 0 fully saturated rings. The lowest BCUT2D eigenvalue weighted by atomic mass is 10.2. The lowest BCUT2D eigenvalue weighted by Gasteiger charge is -1.52. The Morgan fingerprint density at radius 2 is 1.62 bits per heavy atom. The van der Waals surface area contributed by atoms with Gasteiger partial charge in [0.15, 0.2) is 7.85 Å². The highest BCUT2D eigenvalue weighted by molar-refractivity contribution is 6.22. The second kappa shape index (κ2) is 5.54. The highest BCUT2D eigenvalue weighted by Gasteiger charge is 1.48. The second-order valence-corrected chi connectivity index (χ2v) is 0.789. The predicted molar refractivity (Wildman–Crippen MR) is 33.3 cm³/mol. The minimum absolute atomic E-state index is 2.09. The fourth-order valence-corrected chi connectivity index (χ4v) is 0.135. The number of nitrogens with two attached hydrogens (primary N) is 1. The van der Waals surface area contributed by atoms with Gasteiger partial charge in [-0.15, -0.1) is 0 Å². The average Bonchev–Trinajstić information content (AvgIpc) is 1.81. The van der Waals surface area contributed by atoms with Crippen LogP contribution in [0.3, 0.4) is 0 Å². The first-order valence-electron chi connectivity index (χ1n) is 1.83. The van der Waals surface area contributed by atoms with Crippen molar-refractivity contribution in [2.24, 2.45) is 5.73 Å². The minimum Gasteiger partial charge on any atom is -0.359 e. The van der Waals surface area contributed by atoms with Crippen LogP contribution in [0.25, 0.3) is 0 Å². The number of hydrogen-bond donors (Lipinski definition) is 1. The van der Waals surface area contributed by atoms with Gasteiger partial charge in [-0.1, -0.05) is 0 Å². The zero-order valence-electron chi connectivity index (χ0n) is 4.15. The largest absolute Gasteiger partial charge is 0.359 e. The first-order chi connectivity index (χ1) is 3.91. The molecule has 0 rings (SSSR count). The maximum absolute atomic E-state index is 4.77. The molecule has 2 radical (unpaired) electrons. The van der Waals surface area contributed by atoms with E-state index in [0.29, 0.717) is 0 Å². The summed E-state index contributed by atoms with van der Waals surface area (Å²) in [6.45, 7) is 0. The summed E-state index contributed by atoms with van der Waals surface area (Å²) in [6, 6.07) is 2.09. The van der Waals surface area contributed by atoms with Crippen LogP contribution in [0.5, 0.6) is 0 Å². The Balaban J connectivity index is 3.75. The normalized spacial score (nSPS) is 3.50. The Hall–Kier alpha value is -1.46. The predicted octanol–water partition coefficient (Wildman–Crippen LogP) is -0.961. The molecule has 0 amide bonds. The molecule has 0 aromatic carbocycles. The summed E-state index contributed by atoms with van der Waals surface area (Å²) in [7, 11) is 4.77. The fourth-order valence-electron chi connectivity index (χ4n) is 0.135. The van der Waals surface area contributed by atoms with Crippen molar-refractivity contribution in [2.45, 2.75) is 0 Å². The fraction of sp³-hybridized carbons (Fsp3) is 0. The van der Waals surface area contributed by atoms with E-state index in [0.717, 1.165) is 0 Å². The van der Waals surface area contributed by atoms with Gasteiger partial charge in [0.1, 0.15) is 0 Å². The van der Waals surface area contributed by atoms with Gasteiger partial charge in [0.05, 0.1) is 0 Å². The summed E-state index contributed by atoms with van der Waals surface area (Å²) in [5, 5.41) is 0. The van der Waals surface area contributed by atoms with Crippen molar-refractivity contribution in [3.8, 4) is 35.5 Å². The Morgan fingerprint density at radius 1 is 1.00 bits per heavy atom. The maximum atomic E-state index is 4.77. The van der Waals surface area contributed by atoms with E-state index < -0.39 is 0 Å². The Kier molecular flexibility index (Phi) is 4.54. The van der Waals surface area contributed by atoms with Gasteiger partial charge in [0.25, 0.3) is 0 Å². The molecule has 0 saturated carbocycles. The van der Waals surface area contributed by atoms with Crippen LogP contribution in [-0.2, 0) is 0 Å². The summed E-state index contributed by atoms with van der Waals surface area (Å²) in [4.78, 5) is 0. The first-order valence-corrected chi connectivity index (χ1v) is 1.83. The molecule has 0 bridgehead atoms. The van der Waals surface area contributed by atoms with Gasteiger partial charge in [0, 0.05) is 17.9 Å². The summed E-state index contributed by atoms with van der Waals surface area (Å²) in [6.07, 6.45) is 0. The third-order valence-electron chi connectivity index (χ3n) is 0.332. The van der Waals surface area contributed by atoms with E-state index in [2.05, 4.69) is 35.5 Å². The van der Waals surface area contributed by atoms with Crippen molar-refractivity contribution in [3.63, 3.8) is 0 Å². The molecule has 0 aromatic heterocycles. The highest BCUT2D eigenvalue weighted by Crippen LogP contribution is 1.47. The smallest absolute Gasteiger partial charge is 0.189 e. The third-order valence-corrected chi connectivity index (χ3v) is 0.332. The van der Waals surface area contributed by atoms with Gasteiger partial charge >= 0.3 is 0 Å². The van der Waals surface area contributed by atoms with E-state index >= 15 is 0 Å². The van der Waals surface area contributed by atoms with Crippen molar-refractivity contribution < 1.29 is 0 Å². The molecule has 8 heavy (non-hydrogen) atoms. The molecule has 0 unspecified atom stereocenters. The van der Waals surface area contributed by atoms with Crippen LogP contribution < -0.4 is 5.73 Å². The van der Waals surface area contributed by atoms with Gasteiger partial charge in [-0.3, -0.25) is 0 Å². The molecule has 0 aromatic rings. The molecule has 0 aliphatic heterocycles. The van der Waals surface area contributed by atoms with Crippen LogP contribution in [-0.4, -0.2) is 7.85 Å². The number of rotatable bonds is 0. The molecule has 0 saturated heterocycles. The minimum atomic E-state index is 2.09. The third kappa shape index (κ3) is 4.54. The Morgan fingerprint density at radius 3 is 2.12 bits per heavy atom. The summed E-state index contributed by atoms with van der Waals surface area (Å²) < 4.78 is 0. The molecule has 0 aliphatic carbocycles. The van der Waals surface area contributed by atoms with Gasteiger partial charge in [0.2, 0.25) is 0 Å². The molecule has 2 N–H and O–H groups in total. The monoisotopic (exact) mass is 99.0 g/mol. The van der Waals surface area contributed by atoms with Crippen molar-refractivity contribution in [3.05, 3.63) is 0 Å². The van der Waals surface area contributed by atoms with Gasteiger partial charge < -0.3 is 5.73 Å². The molecule has 34 valence electrons. The van der Waals surface area contributed by atoms with E-state index in [9.17, 15) is 0 Å². The van der Waals surface area contributed by atoms with Gasteiger partial charge in [-0.2, -0.15) is 5.82 Å². The first kappa shape index (κ1) is 6.54. The zero-order valence-corrected chi connectivity index (χ0v) is 4.15. The molecule has 0 spiro atoms. The molecular weight excluding hydrogens is 96.9 g/mol. The molecule has 1 nitrogen and oxygen atoms in total. The zero-order chi connectivity index (χ0) is 6.24. The van der Waals surface area contributed by atoms with Crippen molar-refractivity contribution in [1.29, 1.82) is 0 Å².